The smallest absolute Gasteiger partial charge is 0.160 e. The Morgan fingerprint density at radius 2 is 0.787 bits per heavy atom. The quantitative estimate of drug-likeness (QED) is 0.157. The first-order valence-electron chi connectivity index (χ1n) is 21.0. The van der Waals surface area contributed by atoms with Crippen molar-refractivity contribution in [3.63, 3.8) is 0 Å². The van der Waals surface area contributed by atoms with Gasteiger partial charge < -0.3 is 0 Å². The van der Waals surface area contributed by atoms with Crippen molar-refractivity contribution in [3.05, 3.63) is 253 Å². The summed E-state index contributed by atoms with van der Waals surface area (Å²) in [5, 5.41) is 7.14. The zero-order valence-corrected chi connectivity index (χ0v) is 33.3. The topological polar surface area (TPSA) is 25.8 Å². The highest BCUT2D eigenvalue weighted by molar-refractivity contribution is 6.14. The summed E-state index contributed by atoms with van der Waals surface area (Å²) in [7, 11) is 0. The summed E-state index contributed by atoms with van der Waals surface area (Å²) in [6.07, 6.45) is 0. The van der Waals surface area contributed by atoms with Crippen molar-refractivity contribution in [2.24, 2.45) is 0 Å². The Bertz CT molecular complexity index is 3420. The lowest BCUT2D eigenvalue weighted by molar-refractivity contribution is 0.768. The van der Waals surface area contributed by atoms with Gasteiger partial charge in [0.15, 0.2) is 5.82 Å². The number of hydrogen-bond donors (Lipinski definition) is 0. The molecule has 0 saturated carbocycles. The van der Waals surface area contributed by atoms with E-state index in [2.05, 4.69) is 224 Å². The number of rotatable bonds is 6. The molecule has 1 aliphatic carbocycles. The lowest BCUT2D eigenvalue weighted by Crippen LogP contribution is -2.28. The summed E-state index contributed by atoms with van der Waals surface area (Å²) >= 11 is 0. The van der Waals surface area contributed by atoms with Crippen LogP contribution >= 0.6 is 0 Å². The van der Waals surface area contributed by atoms with Gasteiger partial charge in [-0.15, -0.1) is 0 Å². The van der Waals surface area contributed by atoms with Crippen LogP contribution in [0, 0.1) is 0 Å². The van der Waals surface area contributed by atoms with Gasteiger partial charge in [-0.05, 0) is 89.0 Å². The summed E-state index contributed by atoms with van der Waals surface area (Å²) in [5.74, 6) is 0.703. The predicted octanol–water partition coefficient (Wildman–Crippen LogP) is 15.0. The van der Waals surface area contributed by atoms with Crippen molar-refractivity contribution >= 4 is 32.3 Å². The number of aromatic nitrogens is 2. The summed E-state index contributed by atoms with van der Waals surface area (Å²) < 4.78 is 0. The highest BCUT2D eigenvalue weighted by atomic mass is 14.9. The van der Waals surface area contributed by atoms with E-state index in [1.54, 1.807) is 0 Å². The first kappa shape index (κ1) is 35.0. The molecule has 1 aliphatic rings. The molecule has 11 aromatic rings. The van der Waals surface area contributed by atoms with E-state index >= 15 is 0 Å². The van der Waals surface area contributed by atoms with E-state index in [1.807, 2.05) is 6.07 Å². The third-order valence-electron chi connectivity index (χ3n) is 12.8. The molecule has 0 aliphatic heterocycles. The molecule has 0 radical (unpaired) electrons. The standard InChI is InChI=1S/C59H38N2/c1-4-19-39(20-5-1)58-60-55(38-56(61-58)52-37-40-21-10-11-26-43(40)44-27-12-15-30-47(44)52)49-36-35-48(45-28-13-14-29-46(45)49)50-32-18-34-54-57(50)51-31-16-17-33-53(51)59(54,41-22-6-2-7-23-41)42-24-8-3-9-25-42/h1-38H. The second-order valence-electron chi connectivity index (χ2n) is 16.0. The van der Waals surface area contributed by atoms with E-state index in [-0.39, 0.29) is 0 Å². The number of fused-ring (bicyclic) bond motifs is 7. The maximum Gasteiger partial charge on any atom is 0.160 e. The van der Waals surface area contributed by atoms with Crippen LogP contribution in [0.4, 0.5) is 0 Å². The highest BCUT2D eigenvalue weighted by Gasteiger charge is 2.46. The molecule has 0 N–H and O–H groups in total. The third-order valence-corrected chi connectivity index (χ3v) is 12.8. The molecular formula is C59H38N2. The molecule has 0 bridgehead atoms. The Kier molecular flexibility index (Phi) is 8.11. The average Bonchev–Trinajstić information content (AvgIpc) is 3.65. The van der Waals surface area contributed by atoms with Crippen LogP contribution in [0.1, 0.15) is 22.3 Å². The van der Waals surface area contributed by atoms with Crippen LogP contribution in [0.25, 0.3) is 88.5 Å². The second-order valence-corrected chi connectivity index (χ2v) is 16.0. The fraction of sp³-hybridized carbons (Fsp3) is 0.0169. The van der Waals surface area contributed by atoms with Gasteiger partial charge >= 0.3 is 0 Å². The van der Waals surface area contributed by atoms with Gasteiger partial charge in [0, 0.05) is 16.7 Å². The van der Waals surface area contributed by atoms with E-state index in [1.165, 1.54) is 71.4 Å². The first-order chi connectivity index (χ1) is 30.3. The summed E-state index contributed by atoms with van der Waals surface area (Å²) in [5.41, 5.74) is 14.5. The molecule has 1 aromatic heterocycles. The Morgan fingerprint density at radius 1 is 0.295 bits per heavy atom. The van der Waals surface area contributed by atoms with E-state index in [0.29, 0.717) is 5.82 Å². The largest absolute Gasteiger partial charge is 0.228 e. The minimum atomic E-state index is -0.474. The fourth-order valence-electron chi connectivity index (χ4n) is 10.2. The summed E-state index contributed by atoms with van der Waals surface area (Å²) in [6.45, 7) is 0. The Balaban J connectivity index is 1.10. The highest BCUT2D eigenvalue weighted by Crippen LogP contribution is 2.58. The van der Waals surface area contributed by atoms with Crippen LogP contribution in [-0.2, 0) is 5.41 Å². The van der Waals surface area contributed by atoms with Gasteiger partial charge in [0.1, 0.15) is 0 Å². The maximum atomic E-state index is 5.36. The molecule has 0 spiro atoms. The minimum Gasteiger partial charge on any atom is -0.228 e. The lowest BCUT2D eigenvalue weighted by Gasteiger charge is -2.34. The van der Waals surface area contributed by atoms with E-state index in [4.69, 9.17) is 9.97 Å². The lowest BCUT2D eigenvalue weighted by atomic mass is 9.67. The predicted molar refractivity (Wildman–Crippen MR) is 254 cm³/mol. The molecule has 2 heteroatoms. The molecule has 0 saturated heterocycles. The number of nitrogens with zero attached hydrogens (tertiary/aromatic N) is 2. The molecule has 0 unspecified atom stereocenters. The van der Waals surface area contributed by atoms with Gasteiger partial charge in [-0.25, -0.2) is 9.97 Å². The van der Waals surface area contributed by atoms with Crippen LogP contribution in [-0.4, -0.2) is 9.97 Å². The van der Waals surface area contributed by atoms with Crippen LogP contribution < -0.4 is 0 Å². The van der Waals surface area contributed by atoms with E-state index in [9.17, 15) is 0 Å². The third kappa shape index (κ3) is 5.43. The van der Waals surface area contributed by atoms with Gasteiger partial charge in [0.2, 0.25) is 0 Å². The van der Waals surface area contributed by atoms with Crippen molar-refractivity contribution < 1.29 is 0 Å². The SMILES string of the molecule is c1ccc(-c2nc(-c3ccc(-c4cccc5c4-c4ccccc4C5(c4ccccc4)c4ccccc4)c4ccccc34)cc(-c3cc4ccccc4c4ccccc34)n2)cc1. The van der Waals surface area contributed by atoms with Crippen molar-refractivity contribution in [2.75, 3.05) is 0 Å². The fourth-order valence-corrected chi connectivity index (χ4v) is 10.2. The molecule has 0 atom stereocenters. The summed E-state index contributed by atoms with van der Waals surface area (Å²) in [4.78, 5) is 10.7. The van der Waals surface area contributed by atoms with Gasteiger partial charge in [0.05, 0.1) is 16.8 Å². The van der Waals surface area contributed by atoms with Crippen molar-refractivity contribution in [2.45, 2.75) is 5.41 Å². The van der Waals surface area contributed by atoms with Gasteiger partial charge in [-0.1, -0.05) is 218 Å². The second kappa shape index (κ2) is 14.1. The first-order valence-corrected chi connectivity index (χ1v) is 21.0. The number of benzene rings is 10. The minimum absolute atomic E-state index is 0.474. The normalized spacial score (nSPS) is 12.7. The van der Waals surface area contributed by atoms with E-state index < -0.39 is 5.41 Å². The van der Waals surface area contributed by atoms with Crippen molar-refractivity contribution in [1.82, 2.24) is 9.97 Å². The zero-order valence-electron chi connectivity index (χ0n) is 33.3. The Morgan fingerprint density at radius 3 is 1.49 bits per heavy atom. The van der Waals surface area contributed by atoms with Gasteiger partial charge in [-0.3, -0.25) is 0 Å². The van der Waals surface area contributed by atoms with Crippen LogP contribution in [0.5, 0.6) is 0 Å². The van der Waals surface area contributed by atoms with Crippen LogP contribution in [0.3, 0.4) is 0 Å². The Hall–Kier alpha value is -7.94. The van der Waals surface area contributed by atoms with Crippen LogP contribution in [0.15, 0.2) is 231 Å². The molecule has 12 rings (SSSR count). The van der Waals surface area contributed by atoms with Crippen LogP contribution in [0.2, 0.25) is 0 Å². The molecule has 1 heterocycles. The van der Waals surface area contributed by atoms with Gasteiger partial charge in [-0.2, -0.15) is 0 Å². The monoisotopic (exact) mass is 774 g/mol. The molecule has 0 fully saturated rings. The summed E-state index contributed by atoms with van der Waals surface area (Å²) in [6, 6.07) is 83.5. The Labute approximate surface area is 355 Å². The van der Waals surface area contributed by atoms with E-state index in [0.717, 1.165) is 33.5 Å². The average molecular weight is 775 g/mol. The zero-order chi connectivity index (χ0) is 40.3. The number of hydrogen-bond acceptors (Lipinski definition) is 2. The maximum absolute atomic E-state index is 5.36. The molecule has 0 amide bonds. The molecular weight excluding hydrogens is 737 g/mol. The van der Waals surface area contributed by atoms with Crippen molar-refractivity contribution in [3.8, 4) is 56.2 Å². The van der Waals surface area contributed by atoms with Gasteiger partial charge in [0.25, 0.3) is 0 Å². The molecule has 61 heavy (non-hydrogen) atoms. The molecule has 284 valence electrons. The molecule has 10 aromatic carbocycles. The molecule has 2 nitrogen and oxygen atoms in total. The van der Waals surface area contributed by atoms with Crippen molar-refractivity contribution in [1.29, 1.82) is 0 Å².